The number of anilines is 2. The molecule has 24 heavy (non-hydrogen) atoms. The molecule has 0 aromatic heterocycles. The third kappa shape index (κ3) is 3.20. The molecule has 0 aliphatic heterocycles. The van der Waals surface area contributed by atoms with Gasteiger partial charge in [0.1, 0.15) is 5.82 Å². The van der Waals surface area contributed by atoms with E-state index in [0.717, 1.165) is 22.5 Å². The average Bonchev–Trinajstić information content (AvgIpc) is 2.60. The monoisotopic (exact) mass is 318 g/mol. The molecule has 0 aliphatic rings. The summed E-state index contributed by atoms with van der Waals surface area (Å²) < 4.78 is 13.7. The van der Waals surface area contributed by atoms with Gasteiger partial charge in [-0.1, -0.05) is 36.4 Å². The molecule has 0 amide bonds. The zero-order valence-corrected chi connectivity index (χ0v) is 13.7. The predicted octanol–water partition coefficient (Wildman–Crippen LogP) is 5.85. The molecule has 0 saturated heterocycles. The van der Waals surface area contributed by atoms with E-state index >= 15 is 0 Å². The maximum atomic E-state index is 13.7. The van der Waals surface area contributed by atoms with Crippen LogP contribution in [0.15, 0.2) is 60.7 Å². The normalized spacial score (nSPS) is 10.5. The van der Waals surface area contributed by atoms with Crippen LogP contribution in [0.5, 0.6) is 0 Å². The lowest BCUT2D eigenvalue weighted by atomic mass is 10.0. The summed E-state index contributed by atoms with van der Waals surface area (Å²) in [6.07, 6.45) is 1.17. The summed E-state index contributed by atoms with van der Waals surface area (Å²) in [5.74, 6) is -0.296. The molecule has 120 valence electrons. The van der Waals surface area contributed by atoms with E-state index in [4.69, 9.17) is 5.41 Å². The highest BCUT2D eigenvalue weighted by Gasteiger charge is 2.08. The van der Waals surface area contributed by atoms with Gasteiger partial charge in [-0.25, -0.2) is 4.39 Å². The van der Waals surface area contributed by atoms with E-state index < -0.39 is 0 Å². The Morgan fingerprint density at radius 3 is 2.25 bits per heavy atom. The van der Waals surface area contributed by atoms with Crippen molar-refractivity contribution in [3.8, 4) is 11.1 Å². The Bertz CT molecular complexity index is 886. The van der Waals surface area contributed by atoms with Crippen LogP contribution in [0.3, 0.4) is 0 Å². The summed E-state index contributed by atoms with van der Waals surface area (Å²) in [6.45, 7) is 3.76. The summed E-state index contributed by atoms with van der Waals surface area (Å²) in [5, 5.41) is 10.8. The van der Waals surface area contributed by atoms with Gasteiger partial charge in [0, 0.05) is 23.2 Å². The molecular formula is C21H19FN2. The second kappa shape index (κ2) is 6.67. The van der Waals surface area contributed by atoms with Gasteiger partial charge in [0.15, 0.2) is 0 Å². The first-order valence-electron chi connectivity index (χ1n) is 7.82. The molecule has 2 N–H and O–H groups in total. The number of rotatable bonds is 4. The second-order valence-corrected chi connectivity index (χ2v) is 5.85. The number of hydrogen-bond acceptors (Lipinski definition) is 2. The van der Waals surface area contributed by atoms with E-state index in [1.54, 1.807) is 13.0 Å². The Morgan fingerprint density at radius 1 is 0.833 bits per heavy atom. The van der Waals surface area contributed by atoms with Crippen molar-refractivity contribution in [3.05, 3.63) is 83.2 Å². The number of halogens is 1. The number of hydrogen-bond donors (Lipinski definition) is 2. The lowest BCUT2D eigenvalue weighted by molar-refractivity contribution is 0.618. The van der Waals surface area contributed by atoms with Gasteiger partial charge in [-0.2, -0.15) is 0 Å². The van der Waals surface area contributed by atoms with Crippen LogP contribution >= 0.6 is 0 Å². The van der Waals surface area contributed by atoms with Crippen LogP contribution in [0.1, 0.15) is 16.7 Å². The highest BCUT2D eigenvalue weighted by atomic mass is 19.1. The molecule has 0 heterocycles. The van der Waals surface area contributed by atoms with E-state index in [-0.39, 0.29) is 5.82 Å². The fourth-order valence-electron chi connectivity index (χ4n) is 2.68. The van der Waals surface area contributed by atoms with Crippen LogP contribution in [0.2, 0.25) is 0 Å². The molecule has 0 aliphatic carbocycles. The van der Waals surface area contributed by atoms with Crippen molar-refractivity contribution in [2.45, 2.75) is 13.8 Å². The number of nitrogens with one attached hydrogen (secondary N) is 2. The molecule has 3 rings (SSSR count). The van der Waals surface area contributed by atoms with E-state index in [2.05, 4.69) is 29.6 Å². The van der Waals surface area contributed by atoms with Crippen LogP contribution in [-0.2, 0) is 0 Å². The zero-order valence-electron chi connectivity index (χ0n) is 13.7. The first-order chi connectivity index (χ1) is 11.6. The third-order valence-corrected chi connectivity index (χ3v) is 4.09. The molecule has 2 nitrogen and oxygen atoms in total. The maximum absolute atomic E-state index is 13.7. The fraction of sp³-hybridized carbons (Fsp3) is 0.0952. The van der Waals surface area contributed by atoms with Gasteiger partial charge >= 0.3 is 0 Å². The largest absolute Gasteiger partial charge is 0.355 e. The van der Waals surface area contributed by atoms with Crippen molar-refractivity contribution in [2.24, 2.45) is 0 Å². The molecule has 3 aromatic carbocycles. The molecule has 0 unspecified atom stereocenters. The Kier molecular flexibility index (Phi) is 4.43. The molecule has 0 fully saturated rings. The van der Waals surface area contributed by atoms with E-state index in [1.165, 1.54) is 17.8 Å². The zero-order chi connectivity index (χ0) is 17.1. The molecular weight excluding hydrogens is 299 g/mol. The maximum Gasteiger partial charge on any atom is 0.126 e. The number of aryl methyl sites for hydroxylation is 2. The van der Waals surface area contributed by atoms with Gasteiger partial charge < -0.3 is 10.7 Å². The fourth-order valence-corrected chi connectivity index (χ4v) is 2.68. The highest BCUT2D eigenvalue weighted by Crippen LogP contribution is 2.28. The minimum atomic E-state index is -0.296. The Morgan fingerprint density at radius 2 is 1.58 bits per heavy atom. The quantitative estimate of drug-likeness (QED) is 0.581. The topological polar surface area (TPSA) is 35.9 Å². The Labute approximate surface area is 141 Å². The molecule has 0 atom stereocenters. The first kappa shape index (κ1) is 15.9. The van der Waals surface area contributed by atoms with Crippen molar-refractivity contribution in [1.82, 2.24) is 0 Å². The molecule has 0 saturated carbocycles. The molecule has 0 spiro atoms. The average molecular weight is 318 g/mol. The van der Waals surface area contributed by atoms with Crippen molar-refractivity contribution in [2.75, 3.05) is 5.32 Å². The van der Waals surface area contributed by atoms with Crippen LogP contribution in [0.25, 0.3) is 11.1 Å². The minimum Gasteiger partial charge on any atom is -0.355 e. The van der Waals surface area contributed by atoms with Crippen LogP contribution in [0, 0.1) is 25.1 Å². The van der Waals surface area contributed by atoms with Gasteiger partial charge in [0.2, 0.25) is 0 Å². The van der Waals surface area contributed by atoms with Crippen molar-refractivity contribution in [3.63, 3.8) is 0 Å². The number of benzene rings is 3. The van der Waals surface area contributed by atoms with E-state index in [9.17, 15) is 4.39 Å². The molecule has 0 radical (unpaired) electrons. The Balaban J connectivity index is 1.94. The lowest BCUT2D eigenvalue weighted by Crippen LogP contribution is -1.99. The standard InChI is InChI=1S/C21H19FN2/c1-14-11-21(18(13-23)12-19(14)22)24-20-9-8-17(10-15(20)2)16-6-4-3-5-7-16/h3-13,23-24H,1-2H3. The summed E-state index contributed by atoms with van der Waals surface area (Å²) in [5.41, 5.74) is 6.19. The first-order valence-corrected chi connectivity index (χ1v) is 7.82. The van der Waals surface area contributed by atoms with Crippen molar-refractivity contribution < 1.29 is 4.39 Å². The third-order valence-electron chi connectivity index (χ3n) is 4.09. The molecule has 0 bridgehead atoms. The molecule has 3 heteroatoms. The van der Waals surface area contributed by atoms with E-state index in [0.29, 0.717) is 11.1 Å². The smallest absolute Gasteiger partial charge is 0.126 e. The Hall–Kier alpha value is -2.94. The molecule has 3 aromatic rings. The van der Waals surface area contributed by atoms with Gasteiger partial charge in [0.25, 0.3) is 0 Å². The van der Waals surface area contributed by atoms with Gasteiger partial charge in [-0.3, -0.25) is 0 Å². The minimum absolute atomic E-state index is 0.296. The van der Waals surface area contributed by atoms with Crippen molar-refractivity contribution in [1.29, 1.82) is 5.41 Å². The van der Waals surface area contributed by atoms with Gasteiger partial charge in [-0.15, -0.1) is 0 Å². The summed E-state index contributed by atoms with van der Waals surface area (Å²) in [4.78, 5) is 0. The SMILES string of the molecule is Cc1cc(Nc2ccc(-c3ccccc3)cc2C)c(C=N)cc1F. The summed E-state index contributed by atoms with van der Waals surface area (Å²) >= 11 is 0. The summed E-state index contributed by atoms with van der Waals surface area (Å²) in [6, 6.07) is 19.5. The van der Waals surface area contributed by atoms with Crippen LogP contribution in [0.4, 0.5) is 15.8 Å². The second-order valence-electron chi connectivity index (χ2n) is 5.85. The predicted molar refractivity (Wildman–Crippen MR) is 98.9 cm³/mol. The van der Waals surface area contributed by atoms with Gasteiger partial charge in [0.05, 0.1) is 0 Å². The van der Waals surface area contributed by atoms with E-state index in [1.807, 2.05) is 31.2 Å². The van der Waals surface area contributed by atoms with Crippen LogP contribution < -0.4 is 5.32 Å². The van der Waals surface area contributed by atoms with Crippen LogP contribution in [-0.4, -0.2) is 6.21 Å². The lowest BCUT2D eigenvalue weighted by Gasteiger charge is -2.14. The van der Waals surface area contributed by atoms with Crippen molar-refractivity contribution >= 4 is 17.6 Å². The summed E-state index contributed by atoms with van der Waals surface area (Å²) in [7, 11) is 0. The van der Waals surface area contributed by atoms with Gasteiger partial charge in [-0.05, 0) is 60.4 Å². The highest BCUT2D eigenvalue weighted by molar-refractivity contribution is 5.88.